The topological polar surface area (TPSA) is 72.7 Å². The van der Waals surface area contributed by atoms with Crippen LogP contribution < -0.4 is 5.32 Å². The number of hydrogen-bond donors (Lipinski definition) is 1. The minimum Gasteiger partial charge on any atom is -0.350 e. The molecule has 0 saturated carbocycles. The van der Waals surface area contributed by atoms with Crippen LogP contribution in [0.15, 0.2) is 59.7 Å². The normalized spacial score (nSPS) is 10.5. The van der Waals surface area contributed by atoms with Crippen molar-refractivity contribution < 1.29 is 4.79 Å². The first kappa shape index (κ1) is 15.4. The Labute approximate surface area is 141 Å². The van der Waals surface area contributed by atoms with Crippen LogP contribution in [0.4, 0.5) is 0 Å². The molecule has 0 aliphatic rings. The molecule has 0 fully saturated rings. The monoisotopic (exact) mass is 371 g/mol. The van der Waals surface area contributed by atoms with E-state index in [1.54, 1.807) is 30.9 Å². The van der Waals surface area contributed by atoms with E-state index in [1.165, 1.54) is 0 Å². The standard InChI is InChI=1S/C16H14BrN5O/c17-13-4-2-1-3-12(13)16(23)21-8-10-22-9-7-20-15(22)14-11-18-5-6-19-14/h1-7,9,11H,8,10H2,(H,21,23). The fraction of sp³-hybridized carbons (Fsp3) is 0.125. The number of halogens is 1. The summed E-state index contributed by atoms with van der Waals surface area (Å²) < 4.78 is 2.71. The van der Waals surface area contributed by atoms with E-state index in [4.69, 9.17) is 0 Å². The molecular weight excluding hydrogens is 358 g/mol. The van der Waals surface area contributed by atoms with E-state index in [0.29, 0.717) is 24.3 Å². The number of nitrogens with zero attached hydrogens (tertiary/aromatic N) is 4. The zero-order chi connectivity index (χ0) is 16.1. The highest BCUT2D eigenvalue weighted by Crippen LogP contribution is 2.15. The van der Waals surface area contributed by atoms with Gasteiger partial charge in [-0.1, -0.05) is 12.1 Å². The Hall–Kier alpha value is -2.54. The highest BCUT2D eigenvalue weighted by Gasteiger charge is 2.10. The van der Waals surface area contributed by atoms with Crippen LogP contribution in [0, 0.1) is 0 Å². The Morgan fingerprint density at radius 2 is 2.04 bits per heavy atom. The van der Waals surface area contributed by atoms with Crippen molar-refractivity contribution in [2.75, 3.05) is 6.54 Å². The maximum Gasteiger partial charge on any atom is 0.252 e. The molecule has 1 N–H and O–H groups in total. The van der Waals surface area contributed by atoms with Crippen molar-refractivity contribution in [2.45, 2.75) is 6.54 Å². The maximum absolute atomic E-state index is 12.2. The van der Waals surface area contributed by atoms with E-state index in [-0.39, 0.29) is 5.91 Å². The van der Waals surface area contributed by atoms with Crippen molar-refractivity contribution >= 4 is 21.8 Å². The van der Waals surface area contributed by atoms with Gasteiger partial charge in [0.1, 0.15) is 5.69 Å². The Bertz CT molecular complexity index is 803. The fourth-order valence-electron chi connectivity index (χ4n) is 2.17. The van der Waals surface area contributed by atoms with Gasteiger partial charge in [-0.25, -0.2) is 9.97 Å². The molecule has 7 heteroatoms. The van der Waals surface area contributed by atoms with Crippen molar-refractivity contribution in [3.8, 4) is 11.5 Å². The summed E-state index contributed by atoms with van der Waals surface area (Å²) in [5, 5.41) is 2.90. The van der Waals surface area contributed by atoms with Gasteiger partial charge >= 0.3 is 0 Å². The summed E-state index contributed by atoms with van der Waals surface area (Å²) in [6, 6.07) is 7.33. The summed E-state index contributed by atoms with van der Waals surface area (Å²) in [5.74, 6) is 0.617. The van der Waals surface area contributed by atoms with Crippen molar-refractivity contribution in [3.05, 3.63) is 65.3 Å². The number of imidazole rings is 1. The van der Waals surface area contributed by atoms with E-state index in [2.05, 4.69) is 36.2 Å². The minimum atomic E-state index is -0.112. The molecule has 6 nitrogen and oxygen atoms in total. The quantitative estimate of drug-likeness (QED) is 0.747. The lowest BCUT2D eigenvalue weighted by Gasteiger charge is -2.09. The average molecular weight is 372 g/mol. The van der Waals surface area contributed by atoms with Gasteiger partial charge in [0.05, 0.1) is 11.8 Å². The molecule has 3 rings (SSSR count). The Balaban J connectivity index is 1.63. The second-order valence-electron chi connectivity index (χ2n) is 4.77. The first-order chi connectivity index (χ1) is 11.3. The van der Waals surface area contributed by atoms with Gasteiger partial charge in [-0.05, 0) is 28.1 Å². The van der Waals surface area contributed by atoms with Gasteiger partial charge in [-0.15, -0.1) is 0 Å². The molecule has 116 valence electrons. The fourth-order valence-corrected chi connectivity index (χ4v) is 2.63. The molecule has 0 saturated heterocycles. The molecule has 3 aromatic rings. The van der Waals surface area contributed by atoms with Gasteiger partial charge in [0, 0.05) is 42.3 Å². The Kier molecular flexibility index (Phi) is 4.77. The third-order valence-electron chi connectivity index (χ3n) is 3.26. The lowest BCUT2D eigenvalue weighted by molar-refractivity contribution is 0.0951. The zero-order valence-electron chi connectivity index (χ0n) is 12.2. The molecule has 0 spiro atoms. The molecule has 0 atom stereocenters. The lowest BCUT2D eigenvalue weighted by Crippen LogP contribution is -2.27. The molecule has 0 bridgehead atoms. The molecule has 2 heterocycles. The van der Waals surface area contributed by atoms with Crippen molar-refractivity contribution in [3.63, 3.8) is 0 Å². The number of amides is 1. The minimum absolute atomic E-state index is 0.112. The molecule has 0 aliphatic heterocycles. The molecule has 0 radical (unpaired) electrons. The first-order valence-electron chi connectivity index (χ1n) is 7.06. The first-order valence-corrected chi connectivity index (χ1v) is 7.85. The van der Waals surface area contributed by atoms with Gasteiger partial charge in [0.25, 0.3) is 5.91 Å². The van der Waals surface area contributed by atoms with E-state index in [0.717, 1.165) is 10.3 Å². The third-order valence-corrected chi connectivity index (χ3v) is 3.96. The second kappa shape index (κ2) is 7.15. The predicted octanol–water partition coefficient (Wildman–Crippen LogP) is 2.53. The highest BCUT2D eigenvalue weighted by atomic mass is 79.9. The smallest absolute Gasteiger partial charge is 0.252 e. The van der Waals surface area contributed by atoms with Crippen LogP contribution in [0.5, 0.6) is 0 Å². The average Bonchev–Trinajstić information content (AvgIpc) is 3.04. The molecule has 0 aliphatic carbocycles. The van der Waals surface area contributed by atoms with E-state index < -0.39 is 0 Å². The lowest BCUT2D eigenvalue weighted by atomic mass is 10.2. The largest absolute Gasteiger partial charge is 0.350 e. The van der Waals surface area contributed by atoms with Crippen LogP contribution in [0.3, 0.4) is 0 Å². The van der Waals surface area contributed by atoms with Gasteiger partial charge < -0.3 is 9.88 Å². The van der Waals surface area contributed by atoms with E-state index >= 15 is 0 Å². The van der Waals surface area contributed by atoms with E-state index in [1.807, 2.05) is 29.0 Å². The number of rotatable bonds is 5. The van der Waals surface area contributed by atoms with E-state index in [9.17, 15) is 4.79 Å². The summed E-state index contributed by atoms with van der Waals surface area (Å²) in [4.78, 5) is 24.8. The number of nitrogens with one attached hydrogen (secondary N) is 1. The van der Waals surface area contributed by atoms with Crippen molar-refractivity contribution in [1.29, 1.82) is 0 Å². The Morgan fingerprint density at radius 3 is 2.83 bits per heavy atom. The summed E-state index contributed by atoms with van der Waals surface area (Å²) in [5.41, 5.74) is 1.32. The highest BCUT2D eigenvalue weighted by molar-refractivity contribution is 9.10. The number of aromatic nitrogens is 4. The Morgan fingerprint density at radius 1 is 1.17 bits per heavy atom. The van der Waals surface area contributed by atoms with Crippen LogP contribution in [-0.4, -0.2) is 32.0 Å². The molecule has 2 aromatic heterocycles. The van der Waals surface area contributed by atoms with Crippen LogP contribution in [0.1, 0.15) is 10.4 Å². The summed E-state index contributed by atoms with van der Waals surface area (Å²) in [6.07, 6.45) is 8.48. The predicted molar refractivity (Wildman–Crippen MR) is 89.7 cm³/mol. The summed E-state index contributed by atoms with van der Waals surface area (Å²) in [7, 11) is 0. The molecule has 1 aromatic carbocycles. The van der Waals surface area contributed by atoms with Crippen LogP contribution in [-0.2, 0) is 6.54 Å². The van der Waals surface area contributed by atoms with Gasteiger partial charge in [0.15, 0.2) is 5.82 Å². The number of hydrogen-bond acceptors (Lipinski definition) is 4. The molecule has 0 unspecified atom stereocenters. The van der Waals surface area contributed by atoms with Gasteiger partial charge in [-0.3, -0.25) is 9.78 Å². The number of carbonyl (C=O) groups is 1. The maximum atomic E-state index is 12.2. The van der Waals surface area contributed by atoms with Crippen molar-refractivity contribution in [2.24, 2.45) is 0 Å². The summed E-state index contributed by atoms with van der Waals surface area (Å²) in [6.45, 7) is 1.09. The van der Waals surface area contributed by atoms with Crippen LogP contribution in [0.25, 0.3) is 11.5 Å². The SMILES string of the molecule is O=C(NCCn1ccnc1-c1cnccn1)c1ccccc1Br. The van der Waals surface area contributed by atoms with Crippen molar-refractivity contribution in [1.82, 2.24) is 24.8 Å². The molecular formula is C16H14BrN5O. The second-order valence-corrected chi connectivity index (χ2v) is 5.62. The zero-order valence-corrected chi connectivity index (χ0v) is 13.8. The summed E-state index contributed by atoms with van der Waals surface area (Å²) >= 11 is 3.38. The molecule has 23 heavy (non-hydrogen) atoms. The number of benzene rings is 1. The van der Waals surface area contributed by atoms with Crippen LogP contribution >= 0.6 is 15.9 Å². The van der Waals surface area contributed by atoms with Crippen LogP contribution in [0.2, 0.25) is 0 Å². The third kappa shape index (κ3) is 3.62. The van der Waals surface area contributed by atoms with Gasteiger partial charge in [0.2, 0.25) is 0 Å². The molecule has 1 amide bonds. The number of carbonyl (C=O) groups excluding carboxylic acids is 1. The van der Waals surface area contributed by atoms with Gasteiger partial charge in [-0.2, -0.15) is 0 Å².